The molecule has 98 valence electrons. The van der Waals surface area contributed by atoms with E-state index in [0.717, 1.165) is 11.1 Å². The summed E-state index contributed by atoms with van der Waals surface area (Å²) in [6, 6.07) is 8.76. The number of hydrogen-bond acceptors (Lipinski definition) is 2. The molecule has 0 radical (unpaired) electrons. The molecule has 1 aromatic heterocycles. The Morgan fingerprint density at radius 1 is 1.11 bits per heavy atom. The van der Waals surface area contributed by atoms with Crippen molar-refractivity contribution < 1.29 is 4.79 Å². The smallest absolute Gasteiger partial charge is 0.275 e. The molecule has 5 heteroatoms. The largest absolute Gasteiger partial charge is 0.321 e. The Hall–Kier alpha value is -1.58. The van der Waals surface area contributed by atoms with Crippen molar-refractivity contribution in [3.63, 3.8) is 0 Å². The van der Waals surface area contributed by atoms with Crippen molar-refractivity contribution in [2.75, 3.05) is 5.32 Å². The zero-order valence-corrected chi connectivity index (χ0v) is 12.0. The Bertz CT molecular complexity index is 641. The highest BCUT2D eigenvalue weighted by Crippen LogP contribution is 2.19. The van der Waals surface area contributed by atoms with E-state index < -0.39 is 0 Å². The maximum absolute atomic E-state index is 12.1. The quantitative estimate of drug-likeness (QED) is 0.841. The molecular weight excluding hydrogens is 283 g/mol. The number of aryl methyl sites for hydroxylation is 2. The standard InChI is InChI=1S/C14H12Cl2N2O/c1-8-3-4-10(7-9(8)2)17-14(19)13-11(15)5-6-12(16)18-13/h3-7H,1-2H3,(H,17,19). The van der Waals surface area contributed by atoms with Gasteiger partial charge in [-0.3, -0.25) is 4.79 Å². The van der Waals surface area contributed by atoms with Gasteiger partial charge in [0.05, 0.1) is 5.02 Å². The number of carbonyl (C=O) groups excluding carboxylic acids is 1. The van der Waals surface area contributed by atoms with E-state index in [9.17, 15) is 4.79 Å². The zero-order chi connectivity index (χ0) is 14.0. The van der Waals surface area contributed by atoms with Crippen molar-refractivity contribution in [2.24, 2.45) is 0 Å². The summed E-state index contributed by atoms with van der Waals surface area (Å²) >= 11 is 11.7. The summed E-state index contributed by atoms with van der Waals surface area (Å²) in [7, 11) is 0. The Kier molecular flexibility index (Phi) is 4.08. The molecule has 0 aliphatic rings. The molecule has 0 aliphatic heterocycles. The van der Waals surface area contributed by atoms with Gasteiger partial charge in [0.25, 0.3) is 5.91 Å². The summed E-state index contributed by atoms with van der Waals surface area (Å²) in [5.41, 5.74) is 3.08. The highest BCUT2D eigenvalue weighted by molar-refractivity contribution is 6.35. The van der Waals surface area contributed by atoms with Crippen LogP contribution in [0, 0.1) is 13.8 Å². The molecular formula is C14H12Cl2N2O. The van der Waals surface area contributed by atoms with Gasteiger partial charge in [-0.25, -0.2) is 4.98 Å². The normalized spacial score (nSPS) is 10.3. The minimum Gasteiger partial charge on any atom is -0.321 e. The molecule has 1 heterocycles. The first-order valence-electron chi connectivity index (χ1n) is 5.68. The van der Waals surface area contributed by atoms with Gasteiger partial charge < -0.3 is 5.32 Å². The number of nitrogens with one attached hydrogen (secondary N) is 1. The van der Waals surface area contributed by atoms with Crippen molar-refractivity contribution in [1.29, 1.82) is 0 Å². The van der Waals surface area contributed by atoms with E-state index in [4.69, 9.17) is 23.2 Å². The second kappa shape index (κ2) is 5.59. The maximum atomic E-state index is 12.1. The van der Waals surface area contributed by atoms with E-state index in [1.807, 2.05) is 32.0 Å². The van der Waals surface area contributed by atoms with Gasteiger partial charge in [0.2, 0.25) is 0 Å². The van der Waals surface area contributed by atoms with Crippen molar-refractivity contribution in [3.05, 3.63) is 57.3 Å². The average molecular weight is 295 g/mol. The fourth-order valence-corrected chi connectivity index (χ4v) is 1.93. The topological polar surface area (TPSA) is 42.0 Å². The molecule has 2 aromatic rings. The van der Waals surface area contributed by atoms with Gasteiger partial charge in [0.1, 0.15) is 10.8 Å². The van der Waals surface area contributed by atoms with Gasteiger partial charge in [-0.2, -0.15) is 0 Å². The van der Waals surface area contributed by atoms with E-state index >= 15 is 0 Å². The van der Waals surface area contributed by atoms with Gasteiger partial charge in [-0.05, 0) is 49.2 Å². The molecule has 3 nitrogen and oxygen atoms in total. The van der Waals surface area contributed by atoms with Gasteiger partial charge in [0, 0.05) is 5.69 Å². The fourth-order valence-electron chi connectivity index (χ4n) is 1.59. The van der Waals surface area contributed by atoms with Crippen molar-refractivity contribution in [2.45, 2.75) is 13.8 Å². The summed E-state index contributed by atoms with van der Waals surface area (Å²) in [6.07, 6.45) is 0. The third-order valence-electron chi connectivity index (χ3n) is 2.79. The molecule has 1 aromatic carbocycles. The van der Waals surface area contributed by atoms with Crippen LogP contribution in [0.15, 0.2) is 30.3 Å². The van der Waals surface area contributed by atoms with Crippen LogP contribution in [0.3, 0.4) is 0 Å². The lowest BCUT2D eigenvalue weighted by Gasteiger charge is -2.08. The van der Waals surface area contributed by atoms with Crippen molar-refractivity contribution in [3.8, 4) is 0 Å². The van der Waals surface area contributed by atoms with Crippen LogP contribution in [0.25, 0.3) is 0 Å². The molecule has 2 rings (SSSR count). The summed E-state index contributed by atoms with van der Waals surface area (Å²) in [5, 5.41) is 3.25. The molecule has 19 heavy (non-hydrogen) atoms. The van der Waals surface area contributed by atoms with Gasteiger partial charge >= 0.3 is 0 Å². The first-order valence-corrected chi connectivity index (χ1v) is 6.43. The number of anilines is 1. The minimum atomic E-state index is -0.379. The number of carbonyl (C=O) groups is 1. The molecule has 0 fully saturated rings. The maximum Gasteiger partial charge on any atom is 0.275 e. The summed E-state index contributed by atoms with van der Waals surface area (Å²) < 4.78 is 0. The zero-order valence-electron chi connectivity index (χ0n) is 10.5. The molecule has 0 unspecified atom stereocenters. The summed E-state index contributed by atoms with van der Waals surface area (Å²) in [5.74, 6) is -0.379. The molecule has 0 saturated carbocycles. The molecule has 0 bridgehead atoms. The number of benzene rings is 1. The predicted molar refractivity (Wildman–Crippen MR) is 78.1 cm³/mol. The highest BCUT2D eigenvalue weighted by atomic mass is 35.5. The Morgan fingerprint density at radius 2 is 1.84 bits per heavy atom. The Morgan fingerprint density at radius 3 is 2.53 bits per heavy atom. The second-order valence-corrected chi connectivity index (χ2v) is 5.01. The second-order valence-electron chi connectivity index (χ2n) is 4.22. The fraction of sp³-hybridized carbons (Fsp3) is 0.143. The van der Waals surface area contributed by atoms with Crippen molar-refractivity contribution in [1.82, 2.24) is 4.98 Å². The average Bonchev–Trinajstić information content (AvgIpc) is 2.36. The third kappa shape index (κ3) is 3.25. The number of pyridine rings is 1. The molecule has 1 amide bonds. The monoisotopic (exact) mass is 294 g/mol. The van der Waals surface area contributed by atoms with E-state index in [2.05, 4.69) is 10.3 Å². The van der Waals surface area contributed by atoms with Crippen LogP contribution in [-0.4, -0.2) is 10.9 Å². The number of halogens is 2. The van der Waals surface area contributed by atoms with Crippen LogP contribution in [0.5, 0.6) is 0 Å². The van der Waals surface area contributed by atoms with Gasteiger partial charge in [0.15, 0.2) is 0 Å². The van der Waals surface area contributed by atoms with Gasteiger partial charge in [-0.15, -0.1) is 0 Å². The molecule has 0 atom stereocenters. The first-order chi connectivity index (χ1) is 8.97. The predicted octanol–water partition coefficient (Wildman–Crippen LogP) is 4.26. The van der Waals surface area contributed by atoms with Crippen molar-refractivity contribution >= 4 is 34.8 Å². The molecule has 1 N–H and O–H groups in total. The SMILES string of the molecule is Cc1ccc(NC(=O)c2nc(Cl)ccc2Cl)cc1C. The van der Waals surface area contributed by atoms with E-state index in [1.165, 1.54) is 6.07 Å². The molecule has 0 saturated heterocycles. The lowest BCUT2D eigenvalue weighted by molar-refractivity contribution is 0.102. The third-order valence-corrected chi connectivity index (χ3v) is 3.31. The van der Waals surface area contributed by atoms with E-state index in [-0.39, 0.29) is 21.8 Å². The Balaban J connectivity index is 2.25. The van der Waals surface area contributed by atoms with Crippen LogP contribution in [0.4, 0.5) is 5.69 Å². The van der Waals surface area contributed by atoms with Crippen LogP contribution in [-0.2, 0) is 0 Å². The number of amides is 1. The lowest BCUT2D eigenvalue weighted by atomic mass is 10.1. The number of rotatable bonds is 2. The summed E-state index contributed by atoms with van der Waals surface area (Å²) in [6.45, 7) is 3.99. The minimum absolute atomic E-state index is 0.118. The van der Waals surface area contributed by atoms with E-state index in [0.29, 0.717) is 5.69 Å². The van der Waals surface area contributed by atoms with Gasteiger partial charge in [-0.1, -0.05) is 29.3 Å². The number of aromatic nitrogens is 1. The van der Waals surface area contributed by atoms with Crippen LogP contribution >= 0.6 is 23.2 Å². The molecule has 0 spiro atoms. The van der Waals surface area contributed by atoms with E-state index in [1.54, 1.807) is 6.07 Å². The lowest BCUT2D eigenvalue weighted by Crippen LogP contribution is -2.14. The number of hydrogen-bond donors (Lipinski definition) is 1. The highest BCUT2D eigenvalue weighted by Gasteiger charge is 2.13. The Labute approximate surface area is 121 Å². The number of nitrogens with zero attached hydrogens (tertiary/aromatic N) is 1. The summed E-state index contributed by atoms with van der Waals surface area (Å²) in [4.78, 5) is 16.0. The van der Waals surface area contributed by atoms with Crippen LogP contribution in [0.2, 0.25) is 10.2 Å². The van der Waals surface area contributed by atoms with Crippen LogP contribution in [0.1, 0.15) is 21.6 Å². The van der Waals surface area contributed by atoms with Crippen LogP contribution < -0.4 is 5.32 Å². The molecule has 0 aliphatic carbocycles. The first kappa shape index (κ1) is 13.8.